The monoisotopic (exact) mass is 363 g/mol. The van der Waals surface area contributed by atoms with Crippen LogP contribution in [-0.2, 0) is 0 Å². The van der Waals surface area contributed by atoms with E-state index in [1.165, 1.54) is 50.8 Å². The van der Waals surface area contributed by atoms with Crippen LogP contribution in [0.15, 0.2) is 42.6 Å². The smallest absolute Gasteiger partial charge is 0.221 e. The molecule has 2 N–H and O–H groups in total. The van der Waals surface area contributed by atoms with Crippen LogP contribution in [0.25, 0.3) is 0 Å². The van der Waals surface area contributed by atoms with Crippen molar-refractivity contribution in [3.05, 3.63) is 48.2 Å². The summed E-state index contributed by atoms with van der Waals surface area (Å²) in [5.74, 6) is 2.02. The predicted octanol–water partition coefficient (Wildman–Crippen LogP) is 3.30. The largest absolute Gasteiger partial charge is 0.368 e. The summed E-state index contributed by atoms with van der Waals surface area (Å²) in [5.41, 5.74) is 7.75. The van der Waals surface area contributed by atoms with Gasteiger partial charge in [0.25, 0.3) is 0 Å². The molecule has 1 aromatic heterocycles. The molecule has 0 unspecified atom stereocenters. The van der Waals surface area contributed by atoms with Crippen LogP contribution in [0.1, 0.15) is 43.6 Å². The third-order valence-electron chi connectivity index (χ3n) is 6.81. The number of nitrogens with zero attached hydrogens (tertiary/aromatic N) is 4. The molecule has 1 aromatic carbocycles. The second-order valence-corrected chi connectivity index (χ2v) is 8.73. The lowest BCUT2D eigenvalue weighted by Crippen LogP contribution is -2.52. The predicted molar refractivity (Wildman–Crippen MR) is 109 cm³/mol. The Hall–Kier alpha value is -2.14. The van der Waals surface area contributed by atoms with E-state index in [1.807, 2.05) is 6.07 Å². The molecule has 2 saturated heterocycles. The zero-order chi connectivity index (χ0) is 18.3. The summed E-state index contributed by atoms with van der Waals surface area (Å²) in [4.78, 5) is 13.7. The summed E-state index contributed by atoms with van der Waals surface area (Å²) < 4.78 is 0. The summed E-state index contributed by atoms with van der Waals surface area (Å²) >= 11 is 0. The number of likely N-dealkylation sites (tertiary alicyclic amines) is 1. The maximum Gasteiger partial charge on any atom is 0.221 e. The molecule has 27 heavy (non-hydrogen) atoms. The van der Waals surface area contributed by atoms with E-state index in [0.717, 1.165) is 24.9 Å². The van der Waals surface area contributed by atoms with Crippen molar-refractivity contribution in [3.8, 4) is 0 Å². The highest BCUT2D eigenvalue weighted by molar-refractivity contribution is 5.41. The molecule has 142 valence electrons. The van der Waals surface area contributed by atoms with Crippen LogP contribution in [0.5, 0.6) is 0 Å². The number of nitrogen functional groups attached to an aromatic ring is 1. The Morgan fingerprint density at radius 1 is 1.04 bits per heavy atom. The van der Waals surface area contributed by atoms with Crippen molar-refractivity contribution in [2.24, 2.45) is 5.41 Å². The van der Waals surface area contributed by atoms with Crippen LogP contribution in [-0.4, -0.2) is 47.1 Å². The minimum Gasteiger partial charge on any atom is -0.368 e. The van der Waals surface area contributed by atoms with Crippen molar-refractivity contribution in [1.29, 1.82) is 0 Å². The average Bonchev–Trinajstić information content (AvgIpc) is 3.54. The summed E-state index contributed by atoms with van der Waals surface area (Å²) in [7, 11) is 0. The Kier molecular flexibility index (Phi) is 4.27. The summed E-state index contributed by atoms with van der Waals surface area (Å²) in [6.07, 6.45) is 8.35. The second kappa shape index (κ2) is 6.79. The van der Waals surface area contributed by atoms with Crippen LogP contribution in [0.4, 0.5) is 11.8 Å². The first-order chi connectivity index (χ1) is 13.2. The maximum atomic E-state index is 5.79. The lowest BCUT2D eigenvalue weighted by molar-refractivity contribution is 0.0460. The molecular weight excluding hydrogens is 334 g/mol. The molecule has 1 saturated carbocycles. The minimum atomic E-state index is 0.370. The van der Waals surface area contributed by atoms with E-state index in [4.69, 9.17) is 5.73 Å². The third kappa shape index (κ3) is 3.53. The molecule has 2 aliphatic heterocycles. The number of anilines is 2. The van der Waals surface area contributed by atoms with E-state index in [9.17, 15) is 0 Å². The second-order valence-electron chi connectivity index (χ2n) is 8.73. The highest BCUT2D eigenvalue weighted by Gasteiger charge is 2.45. The number of nitrogens with two attached hydrogens (primary N) is 1. The van der Waals surface area contributed by atoms with E-state index in [2.05, 4.69) is 50.1 Å². The van der Waals surface area contributed by atoms with Crippen molar-refractivity contribution in [2.75, 3.05) is 36.8 Å². The van der Waals surface area contributed by atoms with Crippen LogP contribution in [0, 0.1) is 5.41 Å². The first-order valence-electron chi connectivity index (χ1n) is 10.3. The summed E-state index contributed by atoms with van der Waals surface area (Å²) in [5, 5.41) is 0. The molecule has 2 aromatic rings. The van der Waals surface area contributed by atoms with E-state index >= 15 is 0 Å². The van der Waals surface area contributed by atoms with Gasteiger partial charge in [-0.15, -0.1) is 0 Å². The Labute approximate surface area is 161 Å². The van der Waals surface area contributed by atoms with Gasteiger partial charge in [-0.05, 0) is 55.1 Å². The molecule has 0 radical (unpaired) electrons. The molecule has 3 heterocycles. The standard InChI is InChI=1S/C22H29N5/c23-21-24-11-8-20(25-21)26-12-9-22(10-13-26)14-18(17-4-2-1-3-5-17)15-27(16-22)19-6-7-19/h1-5,8,11,18-19H,6-7,9-10,12-16H2,(H2,23,24,25)/t18-/m1/s1. The molecule has 0 bridgehead atoms. The van der Waals surface area contributed by atoms with Crippen molar-refractivity contribution in [3.63, 3.8) is 0 Å². The molecule has 5 rings (SSSR count). The number of hydrogen-bond acceptors (Lipinski definition) is 5. The Morgan fingerprint density at radius 2 is 1.81 bits per heavy atom. The van der Waals surface area contributed by atoms with E-state index in [-0.39, 0.29) is 0 Å². The zero-order valence-electron chi connectivity index (χ0n) is 15.9. The van der Waals surface area contributed by atoms with Crippen molar-refractivity contribution in [2.45, 2.75) is 44.1 Å². The van der Waals surface area contributed by atoms with Gasteiger partial charge in [-0.3, -0.25) is 4.90 Å². The number of rotatable bonds is 3. The molecule has 1 aliphatic carbocycles. The highest BCUT2D eigenvalue weighted by Crippen LogP contribution is 2.47. The van der Waals surface area contributed by atoms with Gasteiger partial charge in [0.2, 0.25) is 5.95 Å². The van der Waals surface area contributed by atoms with Crippen LogP contribution in [0.2, 0.25) is 0 Å². The van der Waals surface area contributed by atoms with Crippen LogP contribution >= 0.6 is 0 Å². The van der Waals surface area contributed by atoms with Gasteiger partial charge in [0.15, 0.2) is 0 Å². The number of hydrogen-bond donors (Lipinski definition) is 1. The highest BCUT2D eigenvalue weighted by atomic mass is 15.2. The normalized spacial score (nSPS) is 25.6. The zero-order valence-corrected chi connectivity index (χ0v) is 15.9. The van der Waals surface area contributed by atoms with E-state index in [0.29, 0.717) is 17.3 Å². The quantitative estimate of drug-likeness (QED) is 0.907. The van der Waals surface area contributed by atoms with Crippen LogP contribution in [0.3, 0.4) is 0 Å². The Bertz CT molecular complexity index is 780. The number of benzene rings is 1. The molecule has 5 nitrogen and oxygen atoms in total. The van der Waals surface area contributed by atoms with Gasteiger partial charge in [0.1, 0.15) is 5.82 Å². The van der Waals surface area contributed by atoms with Gasteiger partial charge in [-0.1, -0.05) is 30.3 Å². The molecule has 3 aliphatic rings. The van der Waals surface area contributed by atoms with Crippen molar-refractivity contribution >= 4 is 11.8 Å². The molecule has 3 fully saturated rings. The first-order valence-corrected chi connectivity index (χ1v) is 10.3. The fourth-order valence-corrected chi connectivity index (χ4v) is 5.21. The van der Waals surface area contributed by atoms with Gasteiger partial charge in [0, 0.05) is 38.4 Å². The first kappa shape index (κ1) is 17.0. The third-order valence-corrected chi connectivity index (χ3v) is 6.81. The van der Waals surface area contributed by atoms with Gasteiger partial charge in [-0.25, -0.2) is 4.98 Å². The van der Waals surface area contributed by atoms with E-state index < -0.39 is 0 Å². The van der Waals surface area contributed by atoms with Gasteiger partial charge >= 0.3 is 0 Å². The average molecular weight is 364 g/mol. The van der Waals surface area contributed by atoms with Crippen LogP contribution < -0.4 is 10.6 Å². The molecule has 1 spiro atoms. The van der Waals surface area contributed by atoms with Crippen molar-refractivity contribution in [1.82, 2.24) is 14.9 Å². The topological polar surface area (TPSA) is 58.3 Å². The van der Waals surface area contributed by atoms with Crippen molar-refractivity contribution < 1.29 is 0 Å². The lowest BCUT2D eigenvalue weighted by Gasteiger charge is -2.51. The molecule has 5 heteroatoms. The van der Waals surface area contributed by atoms with Gasteiger partial charge < -0.3 is 10.6 Å². The lowest BCUT2D eigenvalue weighted by atomic mass is 9.68. The SMILES string of the molecule is Nc1nccc(N2CCC3(CC2)C[C@@H](c2ccccc2)CN(C2CC2)C3)n1. The summed E-state index contributed by atoms with van der Waals surface area (Å²) in [6, 6.07) is 14.0. The fourth-order valence-electron chi connectivity index (χ4n) is 5.21. The van der Waals surface area contributed by atoms with Gasteiger partial charge in [0.05, 0.1) is 0 Å². The number of piperidine rings is 2. The molecule has 1 atom stereocenters. The Balaban J connectivity index is 1.34. The Morgan fingerprint density at radius 3 is 2.52 bits per heavy atom. The fraction of sp³-hybridized carbons (Fsp3) is 0.545. The van der Waals surface area contributed by atoms with Gasteiger partial charge in [-0.2, -0.15) is 4.98 Å². The minimum absolute atomic E-state index is 0.370. The van der Waals surface area contributed by atoms with E-state index in [1.54, 1.807) is 6.20 Å². The molecular formula is C22H29N5. The summed E-state index contributed by atoms with van der Waals surface area (Å²) in [6.45, 7) is 4.65. The molecule has 0 amide bonds. The maximum absolute atomic E-state index is 5.79. The number of aromatic nitrogens is 2.